The minimum absolute atomic E-state index is 0.156. The largest absolute Gasteiger partial charge is 0.383 e. The quantitative estimate of drug-likeness (QED) is 0.830. The maximum Gasteiger partial charge on any atom is 0.270 e. The van der Waals surface area contributed by atoms with Gasteiger partial charge in [-0.15, -0.1) is 0 Å². The summed E-state index contributed by atoms with van der Waals surface area (Å²) < 4.78 is 7.08. The lowest BCUT2D eigenvalue weighted by molar-refractivity contribution is 0.0674. The second kappa shape index (κ2) is 8.20. The molecule has 1 fully saturated rings. The van der Waals surface area contributed by atoms with Crippen molar-refractivity contribution in [2.75, 3.05) is 40.4 Å². The van der Waals surface area contributed by atoms with Crippen LogP contribution in [0, 0.1) is 5.92 Å². The summed E-state index contributed by atoms with van der Waals surface area (Å²) in [4.78, 5) is 14.6. The summed E-state index contributed by atoms with van der Waals surface area (Å²) in [7, 11) is 3.67. The Morgan fingerprint density at radius 1 is 1.43 bits per heavy atom. The van der Waals surface area contributed by atoms with Crippen LogP contribution in [0.3, 0.4) is 0 Å². The van der Waals surface area contributed by atoms with Crippen LogP contribution in [0.2, 0.25) is 0 Å². The molecule has 0 unspecified atom stereocenters. The van der Waals surface area contributed by atoms with Gasteiger partial charge in [0.15, 0.2) is 0 Å². The number of nitrogens with one attached hydrogen (secondary N) is 1. The first-order valence-corrected chi connectivity index (χ1v) is 7.84. The minimum atomic E-state index is 0.156. The van der Waals surface area contributed by atoms with Gasteiger partial charge in [-0.2, -0.15) is 0 Å². The van der Waals surface area contributed by atoms with E-state index in [2.05, 4.69) is 5.32 Å². The molecule has 0 radical (unpaired) electrons. The van der Waals surface area contributed by atoms with Gasteiger partial charge in [0.1, 0.15) is 5.69 Å². The predicted octanol–water partition coefficient (Wildman–Crippen LogP) is 1.60. The van der Waals surface area contributed by atoms with Crippen molar-refractivity contribution >= 4 is 5.91 Å². The molecule has 1 aliphatic rings. The van der Waals surface area contributed by atoms with Crippen LogP contribution in [0.25, 0.3) is 0 Å². The number of carbonyl (C=O) groups excluding carboxylic acids is 1. The van der Waals surface area contributed by atoms with E-state index in [0.717, 1.165) is 50.6 Å². The van der Waals surface area contributed by atoms with Crippen LogP contribution in [0.5, 0.6) is 0 Å². The zero-order chi connectivity index (χ0) is 15.1. The molecule has 21 heavy (non-hydrogen) atoms. The van der Waals surface area contributed by atoms with Gasteiger partial charge in [-0.25, -0.2) is 0 Å². The lowest BCUT2D eigenvalue weighted by Crippen LogP contribution is -2.39. The molecule has 1 N–H and O–H groups in total. The molecule has 0 saturated carbocycles. The smallest absolute Gasteiger partial charge is 0.270 e. The molecule has 0 aliphatic carbocycles. The van der Waals surface area contributed by atoms with E-state index in [-0.39, 0.29) is 5.91 Å². The van der Waals surface area contributed by atoms with Gasteiger partial charge in [-0.1, -0.05) is 0 Å². The summed E-state index contributed by atoms with van der Waals surface area (Å²) in [5, 5.41) is 3.20. The van der Waals surface area contributed by atoms with E-state index in [1.165, 1.54) is 6.42 Å². The molecule has 1 amide bonds. The van der Waals surface area contributed by atoms with Crippen LogP contribution < -0.4 is 5.32 Å². The van der Waals surface area contributed by atoms with Crippen LogP contribution >= 0.6 is 0 Å². The highest BCUT2D eigenvalue weighted by Crippen LogP contribution is 2.21. The standard InChI is InChI=1S/C16H27N3O2/c1-17-8-5-14-6-10-19(11-7-14)16(20)15-4-3-9-18(15)12-13-21-2/h3-4,9,14,17H,5-8,10-13H2,1-2H3. The van der Waals surface area contributed by atoms with Crippen molar-refractivity contribution in [3.63, 3.8) is 0 Å². The lowest BCUT2D eigenvalue weighted by atomic mass is 9.93. The first kappa shape index (κ1) is 16.0. The Kier molecular flexibility index (Phi) is 6.26. The molecule has 0 spiro atoms. The highest BCUT2D eigenvalue weighted by Gasteiger charge is 2.24. The molecular formula is C16H27N3O2. The fraction of sp³-hybridized carbons (Fsp3) is 0.688. The average Bonchev–Trinajstić information content (AvgIpc) is 2.99. The molecule has 118 valence electrons. The van der Waals surface area contributed by atoms with E-state index in [1.807, 2.05) is 34.8 Å². The molecular weight excluding hydrogens is 266 g/mol. The van der Waals surface area contributed by atoms with Gasteiger partial charge in [0.2, 0.25) is 0 Å². The molecule has 1 saturated heterocycles. The monoisotopic (exact) mass is 293 g/mol. The summed E-state index contributed by atoms with van der Waals surface area (Å²) in [5.74, 6) is 0.907. The van der Waals surface area contributed by atoms with Crippen molar-refractivity contribution in [2.24, 2.45) is 5.92 Å². The highest BCUT2D eigenvalue weighted by molar-refractivity contribution is 5.92. The molecule has 1 aromatic rings. The van der Waals surface area contributed by atoms with Gasteiger partial charge in [0, 0.05) is 32.9 Å². The number of nitrogens with zero attached hydrogens (tertiary/aromatic N) is 2. The highest BCUT2D eigenvalue weighted by atomic mass is 16.5. The topological polar surface area (TPSA) is 46.5 Å². The van der Waals surface area contributed by atoms with E-state index >= 15 is 0 Å². The Hall–Kier alpha value is -1.33. The van der Waals surface area contributed by atoms with Crippen molar-refractivity contribution in [3.05, 3.63) is 24.0 Å². The van der Waals surface area contributed by atoms with Crippen molar-refractivity contribution in [1.29, 1.82) is 0 Å². The number of ether oxygens (including phenoxy) is 1. The predicted molar refractivity (Wildman–Crippen MR) is 83.5 cm³/mol. The van der Waals surface area contributed by atoms with Gasteiger partial charge in [0.05, 0.1) is 6.61 Å². The third kappa shape index (κ3) is 4.32. The number of carbonyl (C=O) groups is 1. The van der Waals surface area contributed by atoms with E-state index < -0.39 is 0 Å². The Bertz CT molecular complexity index is 436. The summed E-state index contributed by atoms with van der Waals surface area (Å²) in [5.41, 5.74) is 0.778. The number of amides is 1. The van der Waals surface area contributed by atoms with E-state index in [0.29, 0.717) is 6.61 Å². The van der Waals surface area contributed by atoms with E-state index in [1.54, 1.807) is 7.11 Å². The van der Waals surface area contributed by atoms with E-state index in [4.69, 9.17) is 4.74 Å². The number of rotatable bonds is 7. The summed E-state index contributed by atoms with van der Waals surface area (Å²) in [6.07, 6.45) is 5.40. The molecule has 0 bridgehead atoms. The van der Waals surface area contributed by atoms with Crippen LogP contribution in [-0.4, -0.2) is 55.8 Å². The van der Waals surface area contributed by atoms with Crippen LogP contribution in [0.4, 0.5) is 0 Å². The molecule has 0 aromatic carbocycles. The number of piperidine rings is 1. The SMILES string of the molecule is CNCCC1CCN(C(=O)c2cccn2CCOC)CC1. The van der Waals surface area contributed by atoms with Crippen LogP contribution in [-0.2, 0) is 11.3 Å². The number of likely N-dealkylation sites (tertiary alicyclic amines) is 1. The van der Waals surface area contributed by atoms with Crippen LogP contribution in [0.15, 0.2) is 18.3 Å². The van der Waals surface area contributed by atoms with Crippen molar-refractivity contribution < 1.29 is 9.53 Å². The van der Waals surface area contributed by atoms with Crippen molar-refractivity contribution in [3.8, 4) is 0 Å². The summed E-state index contributed by atoms with van der Waals surface area (Å²) in [6.45, 7) is 4.17. The summed E-state index contributed by atoms with van der Waals surface area (Å²) >= 11 is 0. The first-order valence-electron chi connectivity index (χ1n) is 7.84. The zero-order valence-electron chi connectivity index (χ0n) is 13.2. The number of aromatic nitrogens is 1. The Labute approximate surface area is 127 Å². The molecule has 0 atom stereocenters. The molecule has 1 aliphatic heterocycles. The first-order chi connectivity index (χ1) is 10.3. The third-order valence-electron chi connectivity index (χ3n) is 4.29. The minimum Gasteiger partial charge on any atom is -0.383 e. The van der Waals surface area contributed by atoms with Gasteiger partial charge < -0.3 is 19.5 Å². The van der Waals surface area contributed by atoms with Gasteiger partial charge in [0.25, 0.3) is 5.91 Å². The third-order valence-corrected chi connectivity index (χ3v) is 4.29. The van der Waals surface area contributed by atoms with Gasteiger partial charge in [-0.3, -0.25) is 4.79 Å². The average molecular weight is 293 g/mol. The summed E-state index contributed by atoms with van der Waals surface area (Å²) in [6, 6.07) is 3.84. The zero-order valence-corrected chi connectivity index (χ0v) is 13.2. The van der Waals surface area contributed by atoms with Gasteiger partial charge >= 0.3 is 0 Å². The number of hydrogen-bond acceptors (Lipinski definition) is 3. The molecule has 1 aromatic heterocycles. The Morgan fingerprint density at radius 3 is 2.86 bits per heavy atom. The van der Waals surface area contributed by atoms with Crippen molar-refractivity contribution in [1.82, 2.24) is 14.8 Å². The molecule has 5 heteroatoms. The second-order valence-electron chi connectivity index (χ2n) is 5.71. The Morgan fingerprint density at radius 2 is 2.19 bits per heavy atom. The Balaban J connectivity index is 1.88. The van der Waals surface area contributed by atoms with Crippen molar-refractivity contribution in [2.45, 2.75) is 25.8 Å². The van der Waals surface area contributed by atoms with Gasteiger partial charge in [-0.05, 0) is 50.9 Å². The van der Waals surface area contributed by atoms with E-state index in [9.17, 15) is 4.79 Å². The number of methoxy groups -OCH3 is 1. The normalized spacial score (nSPS) is 16.4. The maximum atomic E-state index is 12.6. The fourth-order valence-corrected chi connectivity index (χ4v) is 2.93. The lowest BCUT2D eigenvalue weighted by Gasteiger charge is -2.32. The van der Waals surface area contributed by atoms with Crippen LogP contribution in [0.1, 0.15) is 29.8 Å². The number of hydrogen-bond donors (Lipinski definition) is 1. The molecule has 2 heterocycles. The second-order valence-corrected chi connectivity index (χ2v) is 5.71. The maximum absolute atomic E-state index is 12.6. The molecule has 5 nitrogen and oxygen atoms in total. The molecule has 2 rings (SSSR count). The fourth-order valence-electron chi connectivity index (χ4n) is 2.93.